The summed E-state index contributed by atoms with van der Waals surface area (Å²) in [6.07, 6.45) is 1.13. The number of hydrogen-bond acceptors (Lipinski definition) is 3. The second-order valence-electron chi connectivity index (χ2n) is 4.11. The normalized spacial score (nSPS) is 59.6. The van der Waals surface area contributed by atoms with Crippen molar-refractivity contribution in [2.45, 2.75) is 30.2 Å². The van der Waals surface area contributed by atoms with Gasteiger partial charge in [-0.05, 0) is 24.7 Å². The first-order valence-corrected chi connectivity index (χ1v) is 5.83. The summed E-state index contributed by atoms with van der Waals surface area (Å²) < 4.78 is 25.4. The number of aliphatic hydroxyl groups is 1. The van der Waals surface area contributed by atoms with Crippen LogP contribution in [-0.4, -0.2) is 30.9 Å². The van der Waals surface area contributed by atoms with Crippen LogP contribution in [0.5, 0.6) is 0 Å². The van der Waals surface area contributed by atoms with Gasteiger partial charge in [-0.2, -0.15) is 0 Å². The Bertz CT molecular complexity index is 326. The van der Waals surface area contributed by atoms with Gasteiger partial charge in [-0.1, -0.05) is 0 Å². The summed E-state index contributed by atoms with van der Waals surface area (Å²) in [5.41, 5.74) is 0. The van der Waals surface area contributed by atoms with Crippen LogP contribution in [0.1, 0.15) is 12.8 Å². The maximum absolute atomic E-state index is 11.4. The summed E-state index contributed by atoms with van der Waals surface area (Å²) in [4.78, 5) is 0. The molecule has 2 saturated carbocycles. The second-order valence-corrected chi connectivity index (χ2v) is 6.04. The van der Waals surface area contributed by atoms with Crippen LogP contribution in [-0.2, 0) is 10.0 Å². The number of nitrogens with one attached hydrogen (secondary N) is 1. The van der Waals surface area contributed by atoms with Gasteiger partial charge < -0.3 is 5.11 Å². The van der Waals surface area contributed by atoms with Gasteiger partial charge in [-0.25, -0.2) is 13.1 Å². The van der Waals surface area contributed by atoms with Crippen molar-refractivity contribution in [2.75, 3.05) is 0 Å². The summed E-state index contributed by atoms with van der Waals surface area (Å²) in [7, 11) is -3.07. The van der Waals surface area contributed by atoms with Crippen LogP contribution in [0.25, 0.3) is 0 Å². The van der Waals surface area contributed by atoms with E-state index >= 15 is 0 Å². The highest BCUT2D eigenvalue weighted by Crippen LogP contribution is 2.51. The highest BCUT2D eigenvalue weighted by atomic mass is 32.2. The molecule has 0 aromatic carbocycles. The zero-order valence-corrected chi connectivity index (χ0v) is 7.29. The van der Waals surface area contributed by atoms with Gasteiger partial charge >= 0.3 is 0 Å². The van der Waals surface area contributed by atoms with Gasteiger partial charge in [0.15, 0.2) is 0 Å². The fourth-order valence-corrected chi connectivity index (χ4v) is 5.17. The molecule has 0 spiro atoms. The largest absolute Gasteiger partial charge is 0.391 e. The standard InChI is InChI=1S/C7H11NO3S/c9-7-3-1-4-5(2-3)12(10,11)8-6(4)7/h3-9H,1-2H2/t3-,4-,5-,6-,7-/m0/s1. The Morgan fingerprint density at radius 3 is 2.67 bits per heavy atom. The molecular weight excluding hydrogens is 178 g/mol. The molecule has 3 aliphatic rings. The molecule has 0 aromatic rings. The number of hydrogen-bond donors (Lipinski definition) is 2. The van der Waals surface area contributed by atoms with E-state index in [0.717, 1.165) is 6.42 Å². The van der Waals surface area contributed by atoms with Crippen LogP contribution in [0.15, 0.2) is 0 Å². The fraction of sp³-hybridized carbons (Fsp3) is 1.00. The summed E-state index contributed by atoms with van der Waals surface area (Å²) in [5.74, 6) is 0.421. The molecule has 5 atom stereocenters. The fourth-order valence-electron chi connectivity index (χ4n) is 3.06. The Morgan fingerprint density at radius 1 is 1.33 bits per heavy atom. The minimum atomic E-state index is -3.07. The molecule has 1 saturated heterocycles. The van der Waals surface area contributed by atoms with Crippen molar-refractivity contribution in [1.82, 2.24) is 4.72 Å². The molecule has 4 nitrogen and oxygen atoms in total. The Hall–Kier alpha value is -0.130. The molecule has 3 fully saturated rings. The zero-order chi connectivity index (χ0) is 8.51. The average Bonchev–Trinajstić information content (AvgIpc) is 2.54. The van der Waals surface area contributed by atoms with Gasteiger partial charge in [0, 0.05) is 0 Å². The maximum atomic E-state index is 11.4. The van der Waals surface area contributed by atoms with E-state index in [2.05, 4.69) is 4.72 Å². The van der Waals surface area contributed by atoms with E-state index < -0.39 is 16.1 Å². The highest BCUT2D eigenvalue weighted by molar-refractivity contribution is 7.90. The summed E-state index contributed by atoms with van der Waals surface area (Å²) >= 11 is 0. The molecule has 0 amide bonds. The van der Waals surface area contributed by atoms with Crippen molar-refractivity contribution in [2.24, 2.45) is 11.8 Å². The zero-order valence-electron chi connectivity index (χ0n) is 6.47. The molecule has 2 aliphatic carbocycles. The minimum Gasteiger partial charge on any atom is -0.391 e. The SMILES string of the molecule is O=S1(=O)N[C@@H]2[C@@H](O)[C@H]3C[C@H]2[C@@H]1C3. The van der Waals surface area contributed by atoms with Crippen molar-refractivity contribution >= 4 is 10.0 Å². The topological polar surface area (TPSA) is 66.4 Å². The van der Waals surface area contributed by atoms with Gasteiger partial charge in [0.05, 0.1) is 17.4 Å². The smallest absolute Gasteiger partial charge is 0.215 e. The van der Waals surface area contributed by atoms with Gasteiger partial charge in [0.1, 0.15) is 0 Å². The molecule has 0 unspecified atom stereocenters. The Labute approximate surface area is 71.0 Å². The van der Waals surface area contributed by atoms with E-state index in [0.29, 0.717) is 6.42 Å². The van der Waals surface area contributed by atoms with Gasteiger partial charge in [-0.15, -0.1) is 0 Å². The van der Waals surface area contributed by atoms with Gasteiger partial charge in [0.2, 0.25) is 10.0 Å². The van der Waals surface area contributed by atoms with E-state index in [-0.39, 0.29) is 23.1 Å². The monoisotopic (exact) mass is 189 g/mol. The number of rotatable bonds is 0. The van der Waals surface area contributed by atoms with E-state index in [1.54, 1.807) is 0 Å². The predicted molar refractivity (Wildman–Crippen MR) is 41.9 cm³/mol. The molecular formula is C7H11NO3S. The third kappa shape index (κ3) is 0.639. The quantitative estimate of drug-likeness (QED) is 0.516. The first-order chi connectivity index (χ1) is 5.59. The number of sulfonamides is 1. The molecule has 68 valence electrons. The van der Waals surface area contributed by atoms with E-state index in [4.69, 9.17) is 0 Å². The van der Waals surface area contributed by atoms with Gasteiger partial charge in [0.25, 0.3) is 0 Å². The molecule has 0 aromatic heterocycles. The third-order valence-electron chi connectivity index (χ3n) is 3.60. The first-order valence-electron chi connectivity index (χ1n) is 4.29. The summed E-state index contributed by atoms with van der Waals surface area (Å²) in [6, 6.07) is -0.168. The van der Waals surface area contributed by atoms with Crippen molar-refractivity contribution < 1.29 is 13.5 Å². The van der Waals surface area contributed by atoms with Crippen molar-refractivity contribution in [3.8, 4) is 0 Å². The lowest BCUT2D eigenvalue weighted by atomic mass is 9.93. The molecule has 12 heavy (non-hydrogen) atoms. The molecule has 0 radical (unpaired) electrons. The molecule has 2 N–H and O–H groups in total. The Kier molecular flexibility index (Phi) is 1.13. The predicted octanol–water partition coefficient (Wildman–Crippen LogP) is -0.943. The van der Waals surface area contributed by atoms with Crippen molar-refractivity contribution in [3.05, 3.63) is 0 Å². The van der Waals surface area contributed by atoms with E-state index in [9.17, 15) is 13.5 Å². The Balaban J connectivity index is 2.11. The van der Waals surface area contributed by atoms with Crippen molar-refractivity contribution in [3.63, 3.8) is 0 Å². The van der Waals surface area contributed by atoms with Crippen LogP contribution >= 0.6 is 0 Å². The lowest BCUT2D eigenvalue weighted by molar-refractivity contribution is 0.0970. The number of aliphatic hydroxyl groups excluding tert-OH is 1. The van der Waals surface area contributed by atoms with Crippen LogP contribution in [0.2, 0.25) is 0 Å². The Morgan fingerprint density at radius 2 is 2.08 bits per heavy atom. The summed E-state index contributed by atoms with van der Waals surface area (Å²) in [6.45, 7) is 0. The van der Waals surface area contributed by atoms with Gasteiger partial charge in [-0.3, -0.25) is 0 Å². The summed E-state index contributed by atoms with van der Waals surface area (Å²) in [5, 5.41) is 9.41. The van der Waals surface area contributed by atoms with Crippen LogP contribution in [0.4, 0.5) is 0 Å². The third-order valence-corrected chi connectivity index (χ3v) is 5.54. The molecule has 2 bridgehead atoms. The lowest BCUT2D eigenvalue weighted by Gasteiger charge is -2.20. The molecule has 1 aliphatic heterocycles. The number of fused-ring (bicyclic) bond motifs is 1. The molecule has 1 heterocycles. The second kappa shape index (κ2) is 1.86. The van der Waals surface area contributed by atoms with Crippen LogP contribution in [0, 0.1) is 11.8 Å². The lowest BCUT2D eigenvalue weighted by Crippen LogP contribution is -2.38. The van der Waals surface area contributed by atoms with Crippen LogP contribution < -0.4 is 4.72 Å². The van der Waals surface area contributed by atoms with E-state index in [1.165, 1.54) is 0 Å². The molecule has 3 rings (SSSR count). The van der Waals surface area contributed by atoms with Crippen LogP contribution in [0.3, 0.4) is 0 Å². The first kappa shape index (κ1) is 7.29. The molecule has 5 heteroatoms. The highest BCUT2D eigenvalue weighted by Gasteiger charge is 2.62. The maximum Gasteiger partial charge on any atom is 0.215 e. The average molecular weight is 189 g/mol. The minimum absolute atomic E-state index is 0.168. The van der Waals surface area contributed by atoms with E-state index in [1.807, 2.05) is 0 Å². The van der Waals surface area contributed by atoms with Crippen molar-refractivity contribution in [1.29, 1.82) is 0 Å².